The standard InChI is InChI=1S/C14H15F3N4OS2/c1-4-8(2)24(22)21-9(3)13-19-12(20-23-13)10-5-6-18-11(7-10)14(15,16)17/h5-8H,4H2,1-3H3/b21-9+/t8-,24?/m1/s1. The minimum Gasteiger partial charge on any atom is -0.252 e. The van der Waals surface area contributed by atoms with Crippen LogP contribution in [0.4, 0.5) is 13.2 Å². The van der Waals surface area contributed by atoms with Crippen molar-refractivity contribution in [2.75, 3.05) is 0 Å². The summed E-state index contributed by atoms with van der Waals surface area (Å²) in [6.45, 7) is 5.39. The van der Waals surface area contributed by atoms with Crippen molar-refractivity contribution < 1.29 is 17.4 Å². The number of aromatic nitrogens is 3. The van der Waals surface area contributed by atoms with Crippen molar-refractivity contribution in [1.82, 2.24) is 14.3 Å². The molecule has 10 heteroatoms. The number of pyridine rings is 1. The van der Waals surface area contributed by atoms with Gasteiger partial charge in [-0.1, -0.05) is 6.92 Å². The quantitative estimate of drug-likeness (QED) is 0.743. The van der Waals surface area contributed by atoms with Crippen molar-refractivity contribution in [1.29, 1.82) is 0 Å². The van der Waals surface area contributed by atoms with Gasteiger partial charge in [-0.25, -0.2) is 9.19 Å². The molecule has 0 saturated carbocycles. The molecule has 5 nitrogen and oxygen atoms in total. The minimum absolute atomic E-state index is 0.0816. The monoisotopic (exact) mass is 376 g/mol. The fourth-order valence-electron chi connectivity index (χ4n) is 1.62. The summed E-state index contributed by atoms with van der Waals surface area (Å²) in [6, 6.07) is 2.31. The van der Waals surface area contributed by atoms with E-state index < -0.39 is 22.9 Å². The Bertz CT molecular complexity index is 773. The van der Waals surface area contributed by atoms with Crippen LogP contribution in [-0.2, 0) is 17.2 Å². The van der Waals surface area contributed by atoms with Gasteiger partial charge in [0.25, 0.3) is 0 Å². The summed E-state index contributed by atoms with van der Waals surface area (Å²) in [5.41, 5.74) is -0.335. The molecule has 0 fully saturated rings. The summed E-state index contributed by atoms with van der Waals surface area (Å²) < 4.78 is 58.2. The van der Waals surface area contributed by atoms with Crippen LogP contribution >= 0.6 is 11.5 Å². The fraction of sp³-hybridized carbons (Fsp3) is 0.429. The van der Waals surface area contributed by atoms with E-state index in [9.17, 15) is 17.4 Å². The van der Waals surface area contributed by atoms with Gasteiger partial charge < -0.3 is 0 Å². The van der Waals surface area contributed by atoms with Crippen LogP contribution in [-0.4, -0.2) is 29.5 Å². The minimum atomic E-state index is -4.53. The van der Waals surface area contributed by atoms with E-state index >= 15 is 0 Å². The molecule has 0 saturated heterocycles. The van der Waals surface area contributed by atoms with Crippen molar-refractivity contribution in [2.24, 2.45) is 4.40 Å². The average Bonchev–Trinajstić information content (AvgIpc) is 3.03. The summed E-state index contributed by atoms with van der Waals surface area (Å²) in [5.74, 6) is 0.159. The summed E-state index contributed by atoms with van der Waals surface area (Å²) in [4.78, 5) is 7.49. The number of hydrogen-bond acceptors (Lipinski definition) is 5. The number of alkyl halides is 3. The van der Waals surface area contributed by atoms with E-state index in [1.807, 2.05) is 13.8 Å². The molecular formula is C14H15F3N4OS2. The van der Waals surface area contributed by atoms with E-state index in [1.54, 1.807) is 6.92 Å². The van der Waals surface area contributed by atoms with Gasteiger partial charge in [0.1, 0.15) is 16.7 Å². The highest BCUT2D eigenvalue weighted by molar-refractivity contribution is 7.84. The first-order chi connectivity index (χ1) is 11.2. The molecule has 0 aromatic carbocycles. The molecule has 0 spiro atoms. The topological polar surface area (TPSA) is 68.1 Å². The lowest BCUT2D eigenvalue weighted by Crippen LogP contribution is -2.09. The molecular weight excluding hydrogens is 361 g/mol. The highest BCUT2D eigenvalue weighted by Gasteiger charge is 2.32. The maximum Gasteiger partial charge on any atom is 0.433 e. The zero-order valence-electron chi connectivity index (χ0n) is 13.2. The van der Waals surface area contributed by atoms with Gasteiger partial charge in [0.2, 0.25) is 0 Å². The van der Waals surface area contributed by atoms with Gasteiger partial charge in [-0.2, -0.15) is 21.9 Å². The van der Waals surface area contributed by atoms with Crippen molar-refractivity contribution >= 4 is 28.2 Å². The molecule has 1 unspecified atom stereocenters. The Balaban J connectivity index is 2.28. The molecule has 2 aromatic heterocycles. The molecule has 24 heavy (non-hydrogen) atoms. The molecule has 2 aromatic rings. The Kier molecular flexibility index (Phi) is 5.81. The molecule has 0 aliphatic rings. The Morgan fingerprint density at radius 1 is 1.46 bits per heavy atom. The average molecular weight is 376 g/mol. The van der Waals surface area contributed by atoms with Crippen LogP contribution < -0.4 is 0 Å². The van der Waals surface area contributed by atoms with Crippen molar-refractivity contribution in [3.63, 3.8) is 0 Å². The lowest BCUT2D eigenvalue weighted by atomic mass is 10.2. The molecule has 0 radical (unpaired) electrons. The third-order valence-electron chi connectivity index (χ3n) is 3.19. The molecule has 0 amide bonds. The second-order valence-electron chi connectivity index (χ2n) is 5.02. The first kappa shape index (κ1) is 18.7. The van der Waals surface area contributed by atoms with Crippen LogP contribution in [0.15, 0.2) is 22.7 Å². The van der Waals surface area contributed by atoms with Gasteiger partial charge in [0.15, 0.2) is 10.8 Å². The van der Waals surface area contributed by atoms with Crippen LogP contribution in [0.25, 0.3) is 11.4 Å². The molecule has 2 heterocycles. The summed E-state index contributed by atoms with van der Waals surface area (Å²) in [7, 11) is -1.38. The molecule has 2 rings (SSSR count). The number of rotatable bonds is 5. The molecule has 130 valence electrons. The van der Waals surface area contributed by atoms with Gasteiger partial charge in [0.05, 0.1) is 11.0 Å². The molecule has 0 bridgehead atoms. The van der Waals surface area contributed by atoms with Gasteiger partial charge in [-0.3, -0.25) is 4.98 Å². The third kappa shape index (κ3) is 4.44. The van der Waals surface area contributed by atoms with Crippen LogP contribution in [0.2, 0.25) is 0 Å². The molecule has 0 N–H and O–H groups in total. The van der Waals surface area contributed by atoms with Crippen LogP contribution in [0.1, 0.15) is 37.9 Å². The normalized spacial score (nSPS) is 15.3. The Labute approximate surface area is 143 Å². The third-order valence-corrected chi connectivity index (χ3v) is 5.49. The summed E-state index contributed by atoms with van der Waals surface area (Å²) in [6.07, 6.45) is -2.74. The smallest absolute Gasteiger partial charge is 0.252 e. The molecule has 2 atom stereocenters. The lowest BCUT2D eigenvalue weighted by molar-refractivity contribution is -0.141. The highest BCUT2D eigenvalue weighted by Crippen LogP contribution is 2.30. The van der Waals surface area contributed by atoms with E-state index in [-0.39, 0.29) is 16.6 Å². The van der Waals surface area contributed by atoms with E-state index in [1.165, 1.54) is 6.07 Å². The molecule has 0 aliphatic carbocycles. The van der Waals surface area contributed by atoms with Crippen LogP contribution in [0, 0.1) is 0 Å². The van der Waals surface area contributed by atoms with Crippen LogP contribution in [0.3, 0.4) is 0 Å². The number of halogens is 3. The number of hydrogen-bond donors (Lipinski definition) is 0. The van der Waals surface area contributed by atoms with E-state index in [4.69, 9.17) is 0 Å². The van der Waals surface area contributed by atoms with Gasteiger partial charge in [-0.05, 0) is 43.9 Å². The zero-order chi connectivity index (χ0) is 17.9. The van der Waals surface area contributed by atoms with E-state index in [0.717, 1.165) is 30.2 Å². The zero-order valence-corrected chi connectivity index (χ0v) is 14.8. The van der Waals surface area contributed by atoms with Crippen molar-refractivity contribution in [3.8, 4) is 11.4 Å². The molecule has 0 aliphatic heterocycles. The maximum absolute atomic E-state index is 12.7. The predicted octanol–water partition coefficient (Wildman–Crippen LogP) is 3.89. The Morgan fingerprint density at radius 3 is 2.79 bits per heavy atom. The Morgan fingerprint density at radius 2 is 2.17 bits per heavy atom. The van der Waals surface area contributed by atoms with Gasteiger partial charge in [-0.15, -0.1) is 0 Å². The second-order valence-corrected chi connectivity index (χ2v) is 7.31. The highest BCUT2D eigenvalue weighted by atomic mass is 32.2. The van der Waals surface area contributed by atoms with Gasteiger partial charge >= 0.3 is 6.18 Å². The first-order valence-corrected chi connectivity index (χ1v) is 9.00. The Hall–Kier alpha value is -1.68. The van der Waals surface area contributed by atoms with Gasteiger partial charge in [0, 0.05) is 11.8 Å². The maximum atomic E-state index is 12.7. The SMILES string of the molecule is CC[C@@H](C)S(=O)/N=C(\C)c1nc(-c2ccnc(C(F)(F)F)c2)ns1. The number of nitrogens with zero attached hydrogens (tertiary/aromatic N) is 4. The summed E-state index contributed by atoms with van der Waals surface area (Å²) >= 11 is 0.999. The lowest BCUT2D eigenvalue weighted by Gasteiger charge is -2.05. The van der Waals surface area contributed by atoms with E-state index in [2.05, 4.69) is 18.7 Å². The first-order valence-electron chi connectivity index (χ1n) is 7.06. The van der Waals surface area contributed by atoms with Crippen molar-refractivity contribution in [3.05, 3.63) is 29.0 Å². The van der Waals surface area contributed by atoms with Crippen LogP contribution in [0.5, 0.6) is 0 Å². The summed E-state index contributed by atoms with van der Waals surface area (Å²) in [5, 5.41) is 0.342. The largest absolute Gasteiger partial charge is 0.433 e. The fourth-order valence-corrected chi connectivity index (χ4v) is 3.12. The van der Waals surface area contributed by atoms with Crippen molar-refractivity contribution in [2.45, 2.75) is 38.6 Å². The van der Waals surface area contributed by atoms with E-state index in [0.29, 0.717) is 10.7 Å². The second kappa shape index (κ2) is 7.47. The predicted molar refractivity (Wildman–Crippen MR) is 88.2 cm³/mol.